The number of amides is 1. The maximum Gasteiger partial charge on any atom is 0.253 e. The molecule has 0 aliphatic carbocycles. The van der Waals surface area contributed by atoms with Crippen LogP contribution < -0.4 is 9.64 Å². The Hall–Kier alpha value is -2.61. The molecule has 1 aliphatic rings. The van der Waals surface area contributed by atoms with Crippen molar-refractivity contribution in [3.63, 3.8) is 0 Å². The Morgan fingerprint density at radius 3 is 2.93 bits per heavy atom. The topological polar surface area (TPSA) is 72.6 Å². The van der Waals surface area contributed by atoms with Gasteiger partial charge in [-0.25, -0.2) is 9.50 Å². The lowest BCUT2D eigenvalue weighted by atomic mass is 10.0. The molecule has 0 saturated heterocycles. The Balaban J connectivity index is 1.50. The number of benzene rings is 1. The third-order valence-electron chi connectivity index (χ3n) is 4.63. The second kappa shape index (κ2) is 7.19. The monoisotopic (exact) mass is 383 g/mol. The van der Waals surface area contributed by atoms with Gasteiger partial charge in [-0.1, -0.05) is 11.8 Å². The van der Waals surface area contributed by atoms with Gasteiger partial charge in [0.15, 0.2) is 0 Å². The van der Waals surface area contributed by atoms with Crippen LogP contribution in [0.5, 0.6) is 5.75 Å². The van der Waals surface area contributed by atoms with E-state index in [0.717, 1.165) is 47.8 Å². The molecule has 0 unspecified atom stereocenters. The van der Waals surface area contributed by atoms with Crippen LogP contribution in [0.2, 0.25) is 0 Å². The Morgan fingerprint density at radius 2 is 2.11 bits per heavy atom. The van der Waals surface area contributed by atoms with Crippen LogP contribution in [0.3, 0.4) is 0 Å². The Labute approximate surface area is 161 Å². The second-order valence-corrected chi connectivity index (χ2v) is 7.52. The van der Waals surface area contributed by atoms with Gasteiger partial charge in [-0.2, -0.15) is 4.98 Å². The highest BCUT2D eigenvalue weighted by Crippen LogP contribution is 2.31. The molecule has 27 heavy (non-hydrogen) atoms. The van der Waals surface area contributed by atoms with E-state index in [1.807, 2.05) is 43.0 Å². The summed E-state index contributed by atoms with van der Waals surface area (Å²) in [5.74, 6) is 1.74. The summed E-state index contributed by atoms with van der Waals surface area (Å²) in [5, 5.41) is 5.02. The van der Waals surface area contributed by atoms with Crippen molar-refractivity contribution in [3.8, 4) is 5.75 Å². The van der Waals surface area contributed by atoms with Gasteiger partial charge in [0.05, 0.1) is 12.9 Å². The first-order valence-corrected chi connectivity index (χ1v) is 9.85. The minimum atomic E-state index is 0.0610. The first-order valence-electron chi connectivity index (χ1n) is 8.86. The lowest BCUT2D eigenvalue weighted by molar-refractivity contribution is -0.116. The molecule has 8 heteroatoms. The van der Waals surface area contributed by atoms with Crippen molar-refractivity contribution in [1.29, 1.82) is 0 Å². The SMILES string of the molecule is COc1ccc2c(c1)CCCN2C(=O)CSc1nc2nc(C)cc(C)n2n1. The van der Waals surface area contributed by atoms with Crippen LogP contribution in [-0.4, -0.2) is 44.9 Å². The average Bonchev–Trinajstić information content (AvgIpc) is 3.08. The predicted molar refractivity (Wildman–Crippen MR) is 105 cm³/mol. The minimum absolute atomic E-state index is 0.0610. The van der Waals surface area contributed by atoms with Gasteiger partial charge in [-0.3, -0.25) is 4.79 Å². The van der Waals surface area contributed by atoms with Gasteiger partial charge in [-0.15, -0.1) is 5.10 Å². The number of fused-ring (bicyclic) bond motifs is 2. The van der Waals surface area contributed by atoms with Crippen molar-refractivity contribution in [2.75, 3.05) is 24.3 Å². The number of hydrogen-bond acceptors (Lipinski definition) is 6. The maximum absolute atomic E-state index is 12.8. The number of anilines is 1. The Bertz CT molecular complexity index is 1020. The summed E-state index contributed by atoms with van der Waals surface area (Å²) < 4.78 is 7.01. The number of nitrogens with zero attached hydrogens (tertiary/aromatic N) is 5. The third kappa shape index (κ3) is 3.49. The summed E-state index contributed by atoms with van der Waals surface area (Å²) in [7, 11) is 1.66. The standard InChI is InChI=1S/C19H21N5O2S/c1-12-9-13(2)24-18(20-12)21-19(22-24)27-11-17(25)23-8-4-5-14-10-15(26-3)6-7-16(14)23/h6-7,9-10H,4-5,8,11H2,1-3H3. The molecule has 1 aliphatic heterocycles. The normalized spacial score (nSPS) is 13.7. The van der Waals surface area contributed by atoms with Gasteiger partial charge in [-0.05, 0) is 56.5 Å². The first kappa shape index (κ1) is 17.8. The van der Waals surface area contributed by atoms with Gasteiger partial charge in [0.1, 0.15) is 5.75 Å². The largest absolute Gasteiger partial charge is 0.497 e. The number of carbonyl (C=O) groups is 1. The number of thioether (sulfide) groups is 1. The van der Waals surface area contributed by atoms with Crippen molar-refractivity contribution >= 4 is 29.1 Å². The number of aromatic nitrogens is 4. The van der Waals surface area contributed by atoms with Gasteiger partial charge in [0, 0.05) is 23.6 Å². The minimum Gasteiger partial charge on any atom is -0.497 e. The molecule has 0 radical (unpaired) electrons. The molecule has 0 fully saturated rings. The third-order valence-corrected chi connectivity index (χ3v) is 5.45. The lowest BCUT2D eigenvalue weighted by Crippen LogP contribution is -2.36. The van der Waals surface area contributed by atoms with E-state index in [1.165, 1.54) is 11.8 Å². The van der Waals surface area contributed by atoms with Gasteiger partial charge < -0.3 is 9.64 Å². The number of hydrogen-bond donors (Lipinski definition) is 0. The fraction of sp³-hybridized carbons (Fsp3) is 0.368. The molecule has 7 nitrogen and oxygen atoms in total. The molecule has 3 aromatic rings. The molecule has 0 spiro atoms. The number of rotatable bonds is 4. The Morgan fingerprint density at radius 1 is 1.26 bits per heavy atom. The molecule has 1 amide bonds. The highest BCUT2D eigenvalue weighted by atomic mass is 32.2. The van der Waals surface area contributed by atoms with Gasteiger partial charge in [0.25, 0.3) is 5.78 Å². The molecular formula is C19H21N5O2S. The van der Waals surface area contributed by atoms with Crippen LogP contribution in [-0.2, 0) is 11.2 Å². The molecule has 1 aromatic carbocycles. The molecule has 0 atom stereocenters. The molecule has 4 rings (SSSR count). The molecule has 2 aromatic heterocycles. The van der Waals surface area contributed by atoms with Crippen molar-refractivity contribution < 1.29 is 9.53 Å². The smallest absolute Gasteiger partial charge is 0.253 e. The van der Waals surface area contributed by atoms with E-state index in [1.54, 1.807) is 11.6 Å². The highest BCUT2D eigenvalue weighted by Gasteiger charge is 2.23. The quantitative estimate of drug-likeness (QED) is 0.645. The van der Waals surface area contributed by atoms with E-state index in [4.69, 9.17) is 4.74 Å². The van der Waals surface area contributed by atoms with Crippen molar-refractivity contribution in [1.82, 2.24) is 19.6 Å². The molecule has 0 saturated carbocycles. The zero-order valence-corrected chi connectivity index (χ0v) is 16.4. The fourth-order valence-corrected chi connectivity index (χ4v) is 4.07. The molecule has 0 N–H and O–H groups in total. The van der Waals surface area contributed by atoms with Crippen molar-refractivity contribution in [2.45, 2.75) is 31.8 Å². The van der Waals surface area contributed by atoms with E-state index in [2.05, 4.69) is 15.1 Å². The van der Waals surface area contributed by atoms with Crippen LogP contribution >= 0.6 is 11.8 Å². The van der Waals surface area contributed by atoms with Crippen LogP contribution in [0.1, 0.15) is 23.4 Å². The molecular weight excluding hydrogens is 362 g/mol. The lowest BCUT2D eigenvalue weighted by Gasteiger charge is -2.29. The maximum atomic E-state index is 12.8. The fourth-order valence-electron chi connectivity index (χ4n) is 3.37. The van der Waals surface area contributed by atoms with E-state index in [0.29, 0.717) is 16.7 Å². The van der Waals surface area contributed by atoms with Crippen LogP contribution in [0.25, 0.3) is 5.78 Å². The Kier molecular flexibility index (Phi) is 4.73. The van der Waals surface area contributed by atoms with Crippen molar-refractivity contribution in [2.24, 2.45) is 0 Å². The number of methoxy groups -OCH3 is 1. The summed E-state index contributed by atoms with van der Waals surface area (Å²) in [6.45, 7) is 4.63. The second-order valence-electron chi connectivity index (χ2n) is 6.58. The van der Waals surface area contributed by atoms with Crippen molar-refractivity contribution in [3.05, 3.63) is 41.2 Å². The van der Waals surface area contributed by atoms with E-state index in [-0.39, 0.29) is 5.91 Å². The average molecular weight is 383 g/mol. The zero-order valence-electron chi connectivity index (χ0n) is 15.6. The number of carbonyl (C=O) groups excluding carboxylic acids is 1. The van der Waals surface area contributed by atoms with E-state index >= 15 is 0 Å². The highest BCUT2D eigenvalue weighted by molar-refractivity contribution is 7.99. The van der Waals surface area contributed by atoms with Gasteiger partial charge in [0.2, 0.25) is 11.1 Å². The summed E-state index contributed by atoms with van der Waals surface area (Å²) in [4.78, 5) is 23.5. The number of aryl methyl sites for hydroxylation is 3. The predicted octanol–water partition coefficient (Wildman–Crippen LogP) is 2.82. The van der Waals surface area contributed by atoms with Gasteiger partial charge >= 0.3 is 0 Å². The molecule has 3 heterocycles. The zero-order chi connectivity index (χ0) is 19.0. The van der Waals surface area contributed by atoms with Crippen LogP contribution in [0.4, 0.5) is 5.69 Å². The molecule has 0 bridgehead atoms. The van der Waals surface area contributed by atoms with E-state index < -0.39 is 0 Å². The first-order chi connectivity index (χ1) is 13.0. The van der Waals surface area contributed by atoms with Crippen LogP contribution in [0, 0.1) is 13.8 Å². The summed E-state index contributed by atoms with van der Waals surface area (Å²) in [5.41, 5.74) is 4.01. The number of ether oxygens (including phenoxy) is 1. The summed E-state index contributed by atoms with van der Waals surface area (Å²) in [6.07, 6.45) is 1.91. The molecule has 140 valence electrons. The van der Waals surface area contributed by atoms with Crippen LogP contribution in [0.15, 0.2) is 29.4 Å². The van der Waals surface area contributed by atoms with E-state index in [9.17, 15) is 4.79 Å². The summed E-state index contributed by atoms with van der Waals surface area (Å²) in [6, 6.07) is 7.84. The summed E-state index contributed by atoms with van der Waals surface area (Å²) >= 11 is 1.35.